The van der Waals surface area contributed by atoms with Crippen LogP contribution in [-0.2, 0) is 4.79 Å². The summed E-state index contributed by atoms with van der Waals surface area (Å²) in [5.41, 5.74) is 1.49. The molecule has 7 nitrogen and oxygen atoms in total. The van der Waals surface area contributed by atoms with Crippen LogP contribution in [0.25, 0.3) is 0 Å². The first-order valence-corrected chi connectivity index (χ1v) is 12.1. The van der Waals surface area contributed by atoms with Crippen LogP contribution < -0.4 is 20.3 Å². The molecule has 0 radical (unpaired) electrons. The largest absolute Gasteiger partial charge is 0.494 e. The van der Waals surface area contributed by atoms with Gasteiger partial charge in [-0.15, -0.1) is 0 Å². The quantitative estimate of drug-likeness (QED) is 0.385. The monoisotopic (exact) mass is 542 g/mol. The van der Waals surface area contributed by atoms with Gasteiger partial charge in [-0.25, -0.2) is 0 Å². The van der Waals surface area contributed by atoms with Gasteiger partial charge in [0, 0.05) is 36.8 Å². The zero-order chi connectivity index (χ0) is 26.3. The summed E-state index contributed by atoms with van der Waals surface area (Å²) in [5.74, 6) is -1.60. The number of carbonyl (C=O) groups excluding carboxylic acids is 2. The van der Waals surface area contributed by atoms with Gasteiger partial charge in [-0.05, 0) is 61.1 Å². The fourth-order valence-corrected chi connectivity index (χ4v) is 3.95. The van der Waals surface area contributed by atoms with Crippen LogP contribution in [-0.4, -0.2) is 60.8 Å². The molecule has 12 heteroatoms. The van der Waals surface area contributed by atoms with Gasteiger partial charge in [-0.3, -0.25) is 14.9 Å². The number of thiocarbonyl (C=S) groups is 1. The van der Waals surface area contributed by atoms with Crippen LogP contribution in [0.3, 0.4) is 0 Å². The molecule has 1 saturated heterocycles. The van der Waals surface area contributed by atoms with Crippen molar-refractivity contribution in [3.8, 4) is 5.75 Å². The maximum Gasteiger partial charge on any atom is 0.471 e. The van der Waals surface area contributed by atoms with Crippen LogP contribution in [0, 0.1) is 0 Å². The Morgan fingerprint density at radius 3 is 2.36 bits per heavy atom. The lowest BCUT2D eigenvalue weighted by molar-refractivity contribution is -0.185. The molecule has 0 spiro atoms. The van der Waals surface area contributed by atoms with E-state index in [1.807, 2.05) is 4.90 Å². The number of unbranched alkanes of at least 4 members (excludes halogenated alkanes) is 1. The minimum atomic E-state index is -4.90. The van der Waals surface area contributed by atoms with E-state index in [1.165, 1.54) is 0 Å². The Bertz CT molecular complexity index is 1090. The summed E-state index contributed by atoms with van der Waals surface area (Å²) in [4.78, 5) is 26.7. The van der Waals surface area contributed by atoms with Gasteiger partial charge >= 0.3 is 12.1 Å². The van der Waals surface area contributed by atoms with E-state index in [4.69, 9.17) is 28.6 Å². The maximum absolute atomic E-state index is 12.7. The third-order valence-corrected chi connectivity index (χ3v) is 5.91. The van der Waals surface area contributed by atoms with Crippen LogP contribution in [0.15, 0.2) is 42.5 Å². The first-order chi connectivity index (χ1) is 17.1. The van der Waals surface area contributed by atoms with E-state index in [0.717, 1.165) is 17.7 Å². The van der Waals surface area contributed by atoms with E-state index in [1.54, 1.807) is 42.5 Å². The van der Waals surface area contributed by atoms with Crippen molar-refractivity contribution < 1.29 is 27.5 Å². The number of ether oxygens (including phenoxy) is 1. The van der Waals surface area contributed by atoms with Gasteiger partial charge in [0.05, 0.1) is 18.0 Å². The molecule has 2 amide bonds. The molecule has 0 bridgehead atoms. The van der Waals surface area contributed by atoms with Crippen molar-refractivity contribution in [1.29, 1.82) is 0 Å². The normalized spacial score (nSPS) is 13.8. The van der Waals surface area contributed by atoms with E-state index >= 15 is 0 Å². The van der Waals surface area contributed by atoms with E-state index < -0.39 is 18.0 Å². The molecule has 0 atom stereocenters. The van der Waals surface area contributed by atoms with Gasteiger partial charge in [-0.2, -0.15) is 13.2 Å². The zero-order valence-electron chi connectivity index (χ0n) is 19.5. The van der Waals surface area contributed by atoms with Crippen molar-refractivity contribution >= 4 is 52.1 Å². The Morgan fingerprint density at radius 2 is 1.75 bits per heavy atom. The Kier molecular flexibility index (Phi) is 9.38. The number of rotatable bonds is 7. The number of amides is 2. The average Bonchev–Trinajstić information content (AvgIpc) is 2.84. The van der Waals surface area contributed by atoms with Crippen LogP contribution in [0.2, 0.25) is 5.02 Å². The molecular formula is C24H26ClF3N4O3S. The fraction of sp³-hybridized carbons (Fsp3) is 0.375. The van der Waals surface area contributed by atoms with Crippen molar-refractivity contribution in [2.45, 2.75) is 25.9 Å². The Balaban J connectivity index is 1.61. The summed E-state index contributed by atoms with van der Waals surface area (Å²) >= 11 is 11.4. The molecule has 2 aromatic rings. The SMILES string of the molecule is CCCCOc1ccc(C(=O)NC(=S)Nc2cc(Cl)ccc2N2CCN(C(=O)C(F)(F)F)CC2)cc1. The zero-order valence-corrected chi connectivity index (χ0v) is 21.1. The van der Waals surface area contributed by atoms with Crippen molar-refractivity contribution in [2.75, 3.05) is 43.0 Å². The molecule has 2 aromatic carbocycles. The molecule has 3 rings (SSSR count). The van der Waals surface area contributed by atoms with Crippen molar-refractivity contribution in [3.05, 3.63) is 53.1 Å². The molecule has 194 valence electrons. The smallest absolute Gasteiger partial charge is 0.471 e. The summed E-state index contributed by atoms with van der Waals surface area (Å²) < 4.78 is 43.8. The molecule has 1 fully saturated rings. The number of benzene rings is 2. The highest BCUT2D eigenvalue weighted by atomic mass is 35.5. The lowest BCUT2D eigenvalue weighted by Crippen LogP contribution is -2.52. The van der Waals surface area contributed by atoms with Gasteiger partial charge in [-0.1, -0.05) is 24.9 Å². The number of nitrogens with one attached hydrogen (secondary N) is 2. The molecule has 0 aromatic heterocycles. The Labute approximate surface area is 217 Å². The average molecular weight is 543 g/mol. The number of anilines is 2. The second kappa shape index (κ2) is 12.3. The highest BCUT2D eigenvalue weighted by Gasteiger charge is 2.43. The summed E-state index contributed by atoms with van der Waals surface area (Å²) in [7, 11) is 0. The van der Waals surface area contributed by atoms with Crippen molar-refractivity contribution in [1.82, 2.24) is 10.2 Å². The van der Waals surface area contributed by atoms with Gasteiger partial charge in [0.15, 0.2) is 5.11 Å². The number of nitrogens with zero attached hydrogens (tertiary/aromatic N) is 2. The van der Waals surface area contributed by atoms with Crippen LogP contribution in [0.5, 0.6) is 5.75 Å². The molecule has 0 unspecified atom stereocenters. The first kappa shape index (κ1) is 27.5. The number of halogens is 4. The highest BCUT2D eigenvalue weighted by Crippen LogP contribution is 2.31. The summed E-state index contributed by atoms with van der Waals surface area (Å²) in [6.45, 7) is 2.87. The molecule has 1 aliphatic rings. The highest BCUT2D eigenvalue weighted by molar-refractivity contribution is 7.80. The summed E-state index contributed by atoms with van der Waals surface area (Å²) in [6.07, 6.45) is -2.94. The molecule has 1 aliphatic heterocycles. The predicted octanol–water partition coefficient (Wildman–Crippen LogP) is 4.86. The van der Waals surface area contributed by atoms with Gasteiger partial charge in [0.25, 0.3) is 5.91 Å². The molecular weight excluding hydrogens is 517 g/mol. The Hall–Kier alpha value is -3.05. The van der Waals surface area contributed by atoms with Crippen LogP contribution >= 0.6 is 23.8 Å². The van der Waals surface area contributed by atoms with Crippen molar-refractivity contribution in [3.63, 3.8) is 0 Å². The van der Waals surface area contributed by atoms with Crippen molar-refractivity contribution in [2.24, 2.45) is 0 Å². The minimum Gasteiger partial charge on any atom is -0.494 e. The van der Waals surface area contributed by atoms with Gasteiger partial charge < -0.3 is 19.9 Å². The van der Waals surface area contributed by atoms with E-state index in [0.29, 0.717) is 34.3 Å². The topological polar surface area (TPSA) is 73.9 Å². The summed E-state index contributed by atoms with van der Waals surface area (Å²) in [6, 6.07) is 11.6. The van der Waals surface area contributed by atoms with E-state index in [9.17, 15) is 22.8 Å². The van der Waals surface area contributed by atoms with Gasteiger partial charge in [0.1, 0.15) is 5.75 Å². The second-order valence-corrected chi connectivity index (χ2v) is 8.92. The summed E-state index contributed by atoms with van der Waals surface area (Å²) in [5, 5.41) is 5.98. The number of hydrogen-bond donors (Lipinski definition) is 2. The number of alkyl halides is 3. The lowest BCUT2D eigenvalue weighted by Gasteiger charge is -2.37. The Morgan fingerprint density at radius 1 is 1.08 bits per heavy atom. The first-order valence-electron chi connectivity index (χ1n) is 11.3. The molecule has 1 heterocycles. The predicted molar refractivity (Wildman–Crippen MR) is 137 cm³/mol. The number of hydrogen-bond acceptors (Lipinski definition) is 5. The molecule has 2 N–H and O–H groups in total. The van der Waals surface area contributed by atoms with E-state index in [2.05, 4.69) is 17.6 Å². The molecule has 0 aliphatic carbocycles. The van der Waals surface area contributed by atoms with E-state index in [-0.39, 0.29) is 31.3 Å². The van der Waals surface area contributed by atoms with Crippen LogP contribution in [0.1, 0.15) is 30.1 Å². The molecule has 36 heavy (non-hydrogen) atoms. The van der Waals surface area contributed by atoms with Crippen LogP contribution in [0.4, 0.5) is 24.5 Å². The standard InChI is InChI=1S/C24H26ClF3N4O3S/c1-2-3-14-35-18-7-4-16(5-8-18)21(33)30-23(36)29-19-15-17(25)6-9-20(19)31-10-12-32(13-11-31)22(34)24(26,27)28/h4-9,15H,2-3,10-14H2,1H3,(H2,29,30,33,36). The molecule has 0 saturated carbocycles. The third kappa shape index (κ3) is 7.47. The minimum absolute atomic E-state index is 0.0256. The number of carbonyl (C=O) groups is 2. The second-order valence-electron chi connectivity index (χ2n) is 8.07. The third-order valence-electron chi connectivity index (χ3n) is 5.47. The number of piperazine rings is 1. The lowest BCUT2D eigenvalue weighted by atomic mass is 10.2. The maximum atomic E-state index is 12.7. The fourth-order valence-electron chi connectivity index (χ4n) is 3.58. The van der Waals surface area contributed by atoms with Gasteiger partial charge in [0.2, 0.25) is 0 Å².